The summed E-state index contributed by atoms with van der Waals surface area (Å²) >= 11 is 0. The third-order valence-electron chi connectivity index (χ3n) is 5.25. The van der Waals surface area contributed by atoms with E-state index in [0.29, 0.717) is 17.9 Å². The maximum atomic E-state index is 12.2. The molecule has 0 aromatic carbocycles. The molecule has 3 aliphatic carbocycles. The average Bonchev–Trinajstić information content (AvgIpc) is 3.23. The Labute approximate surface area is 104 Å². The quantitative estimate of drug-likeness (QED) is 0.763. The van der Waals surface area contributed by atoms with Crippen LogP contribution in [0.3, 0.4) is 0 Å². The fourth-order valence-electron chi connectivity index (χ4n) is 3.64. The Morgan fingerprint density at radius 2 is 2.00 bits per heavy atom. The second kappa shape index (κ2) is 4.27. The molecule has 3 N–H and O–H groups in total. The summed E-state index contributed by atoms with van der Waals surface area (Å²) in [7, 11) is 0. The summed E-state index contributed by atoms with van der Waals surface area (Å²) in [5.74, 6) is 1.85. The van der Waals surface area contributed by atoms with Crippen molar-refractivity contribution in [3.05, 3.63) is 0 Å². The van der Waals surface area contributed by atoms with E-state index >= 15 is 0 Å². The SMILES string of the molecule is NCC1CCCC1C(=O)NCC1(C2CC2)CC1. The summed E-state index contributed by atoms with van der Waals surface area (Å²) in [5.41, 5.74) is 6.25. The van der Waals surface area contributed by atoms with E-state index in [1.165, 1.54) is 32.1 Å². The molecule has 17 heavy (non-hydrogen) atoms. The molecule has 0 saturated heterocycles. The van der Waals surface area contributed by atoms with Crippen molar-refractivity contribution in [2.24, 2.45) is 28.9 Å². The van der Waals surface area contributed by atoms with Crippen molar-refractivity contribution >= 4 is 5.91 Å². The minimum atomic E-state index is 0.204. The maximum absolute atomic E-state index is 12.2. The standard InChI is InChI=1S/C14H24N2O/c15-8-10-2-1-3-12(10)13(17)16-9-14(6-7-14)11-4-5-11/h10-12H,1-9,15H2,(H,16,17). The van der Waals surface area contributed by atoms with Gasteiger partial charge >= 0.3 is 0 Å². The molecule has 96 valence electrons. The number of carbonyl (C=O) groups is 1. The molecule has 0 aromatic rings. The highest BCUT2D eigenvalue weighted by Gasteiger charge is 2.53. The Balaban J connectivity index is 1.49. The van der Waals surface area contributed by atoms with Crippen LogP contribution in [0.2, 0.25) is 0 Å². The highest BCUT2D eigenvalue weighted by Crippen LogP contribution is 2.60. The number of carbonyl (C=O) groups excluding carboxylic acids is 1. The van der Waals surface area contributed by atoms with Crippen LogP contribution < -0.4 is 11.1 Å². The van der Waals surface area contributed by atoms with E-state index in [2.05, 4.69) is 5.32 Å². The summed E-state index contributed by atoms with van der Waals surface area (Å²) in [5, 5.41) is 3.22. The van der Waals surface area contributed by atoms with Gasteiger partial charge in [0.15, 0.2) is 0 Å². The van der Waals surface area contributed by atoms with E-state index in [1.807, 2.05) is 0 Å². The van der Waals surface area contributed by atoms with Crippen molar-refractivity contribution in [1.82, 2.24) is 5.32 Å². The third kappa shape index (κ3) is 2.22. The topological polar surface area (TPSA) is 55.1 Å². The van der Waals surface area contributed by atoms with Gasteiger partial charge in [0.05, 0.1) is 0 Å². The van der Waals surface area contributed by atoms with Crippen molar-refractivity contribution in [2.75, 3.05) is 13.1 Å². The van der Waals surface area contributed by atoms with Gasteiger partial charge in [0, 0.05) is 12.5 Å². The molecule has 3 aliphatic rings. The van der Waals surface area contributed by atoms with Crippen LogP contribution in [0.4, 0.5) is 0 Å². The fourth-order valence-corrected chi connectivity index (χ4v) is 3.64. The summed E-state index contributed by atoms with van der Waals surface area (Å²) in [6, 6.07) is 0. The molecule has 2 unspecified atom stereocenters. The third-order valence-corrected chi connectivity index (χ3v) is 5.25. The molecular weight excluding hydrogens is 212 g/mol. The molecule has 0 spiro atoms. The highest BCUT2D eigenvalue weighted by molar-refractivity contribution is 5.79. The van der Waals surface area contributed by atoms with Crippen LogP contribution in [-0.2, 0) is 4.79 Å². The van der Waals surface area contributed by atoms with E-state index < -0.39 is 0 Å². The van der Waals surface area contributed by atoms with Crippen LogP contribution in [0.5, 0.6) is 0 Å². The molecule has 0 radical (unpaired) electrons. The Hall–Kier alpha value is -0.570. The van der Waals surface area contributed by atoms with Gasteiger partial charge in [-0.3, -0.25) is 4.79 Å². The number of rotatable bonds is 5. The first kappa shape index (κ1) is 11.5. The molecule has 3 fully saturated rings. The zero-order valence-corrected chi connectivity index (χ0v) is 10.6. The molecule has 2 atom stereocenters. The molecule has 1 amide bonds. The van der Waals surface area contributed by atoms with Crippen molar-refractivity contribution in [3.63, 3.8) is 0 Å². The zero-order valence-electron chi connectivity index (χ0n) is 10.6. The van der Waals surface area contributed by atoms with Gasteiger partial charge in [0.25, 0.3) is 0 Å². The summed E-state index contributed by atoms with van der Waals surface area (Å²) in [6.07, 6.45) is 8.82. The van der Waals surface area contributed by atoms with Gasteiger partial charge in [-0.25, -0.2) is 0 Å². The lowest BCUT2D eigenvalue weighted by Crippen LogP contribution is -2.38. The van der Waals surface area contributed by atoms with Crippen LogP contribution in [0.15, 0.2) is 0 Å². The molecular formula is C14H24N2O. The molecule has 0 heterocycles. The maximum Gasteiger partial charge on any atom is 0.223 e. The molecule has 3 heteroatoms. The summed E-state index contributed by atoms with van der Waals surface area (Å²) in [4.78, 5) is 12.2. The Morgan fingerprint density at radius 1 is 1.24 bits per heavy atom. The van der Waals surface area contributed by atoms with Crippen LogP contribution in [0.1, 0.15) is 44.9 Å². The number of amides is 1. The lowest BCUT2D eigenvalue weighted by molar-refractivity contribution is -0.126. The van der Waals surface area contributed by atoms with E-state index in [0.717, 1.165) is 25.3 Å². The molecule has 0 bridgehead atoms. The predicted octanol–water partition coefficient (Wildman–Crippen LogP) is 1.67. The Kier molecular flexibility index (Phi) is 2.89. The molecule has 0 aliphatic heterocycles. The van der Waals surface area contributed by atoms with Crippen molar-refractivity contribution in [1.29, 1.82) is 0 Å². The number of nitrogens with one attached hydrogen (secondary N) is 1. The second-order valence-electron chi connectivity index (χ2n) is 6.39. The first-order valence-electron chi connectivity index (χ1n) is 7.23. The van der Waals surface area contributed by atoms with E-state index in [1.54, 1.807) is 0 Å². The van der Waals surface area contributed by atoms with Crippen molar-refractivity contribution < 1.29 is 4.79 Å². The van der Waals surface area contributed by atoms with E-state index in [-0.39, 0.29) is 11.8 Å². The first-order valence-corrected chi connectivity index (χ1v) is 7.23. The van der Waals surface area contributed by atoms with Crippen LogP contribution in [-0.4, -0.2) is 19.0 Å². The largest absolute Gasteiger partial charge is 0.355 e. The fraction of sp³-hybridized carbons (Fsp3) is 0.929. The Morgan fingerprint density at radius 3 is 2.59 bits per heavy atom. The van der Waals surface area contributed by atoms with Crippen molar-refractivity contribution in [2.45, 2.75) is 44.9 Å². The van der Waals surface area contributed by atoms with Gasteiger partial charge < -0.3 is 11.1 Å². The number of nitrogens with two attached hydrogens (primary N) is 1. The van der Waals surface area contributed by atoms with E-state index in [4.69, 9.17) is 5.73 Å². The predicted molar refractivity (Wildman–Crippen MR) is 67.3 cm³/mol. The minimum absolute atomic E-state index is 0.204. The monoisotopic (exact) mass is 236 g/mol. The van der Waals surface area contributed by atoms with Crippen LogP contribution in [0, 0.1) is 23.2 Å². The molecule has 0 aromatic heterocycles. The van der Waals surface area contributed by atoms with Gasteiger partial charge in [-0.2, -0.15) is 0 Å². The minimum Gasteiger partial charge on any atom is -0.355 e. The summed E-state index contributed by atoms with van der Waals surface area (Å²) in [6.45, 7) is 1.61. The number of hydrogen-bond acceptors (Lipinski definition) is 2. The van der Waals surface area contributed by atoms with Gasteiger partial charge in [0.2, 0.25) is 5.91 Å². The summed E-state index contributed by atoms with van der Waals surface area (Å²) < 4.78 is 0. The van der Waals surface area contributed by atoms with Crippen molar-refractivity contribution in [3.8, 4) is 0 Å². The lowest BCUT2D eigenvalue weighted by atomic mass is 9.94. The van der Waals surface area contributed by atoms with Gasteiger partial charge in [0.1, 0.15) is 0 Å². The highest BCUT2D eigenvalue weighted by atomic mass is 16.1. The van der Waals surface area contributed by atoms with Crippen LogP contribution in [0.25, 0.3) is 0 Å². The molecule has 3 nitrogen and oxygen atoms in total. The van der Waals surface area contributed by atoms with Crippen LogP contribution >= 0.6 is 0 Å². The van der Waals surface area contributed by atoms with Gasteiger partial charge in [-0.1, -0.05) is 6.42 Å². The second-order valence-corrected chi connectivity index (χ2v) is 6.39. The Bertz CT molecular complexity index is 307. The zero-order chi connectivity index (χ0) is 11.9. The van der Waals surface area contributed by atoms with Gasteiger partial charge in [-0.15, -0.1) is 0 Å². The molecule has 3 saturated carbocycles. The average molecular weight is 236 g/mol. The molecule has 3 rings (SSSR count). The number of hydrogen-bond donors (Lipinski definition) is 2. The first-order chi connectivity index (χ1) is 8.25. The van der Waals surface area contributed by atoms with Gasteiger partial charge in [-0.05, 0) is 62.3 Å². The lowest BCUT2D eigenvalue weighted by Gasteiger charge is -2.20. The normalized spacial score (nSPS) is 34.6. The van der Waals surface area contributed by atoms with E-state index in [9.17, 15) is 4.79 Å². The smallest absolute Gasteiger partial charge is 0.223 e.